The van der Waals surface area contributed by atoms with Gasteiger partial charge in [-0.1, -0.05) is 6.42 Å². The third-order valence-corrected chi connectivity index (χ3v) is 4.39. The summed E-state index contributed by atoms with van der Waals surface area (Å²) in [7, 11) is 0. The van der Waals surface area contributed by atoms with Crippen molar-refractivity contribution in [3.8, 4) is 0 Å². The molecule has 0 bridgehead atoms. The fraction of sp³-hybridized carbons (Fsp3) is 0.500. The lowest BCUT2D eigenvalue weighted by Crippen LogP contribution is -2.31. The second-order valence-electron chi connectivity index (χ2n) is 5.57. The topological polar surface area (TPSA) is 106 Å². The van der Waals surface area contributed by atoms with Gasteiger partial charge in [-0.05, 0) is 25.8 Å². The average molecular weight is 291 g/mol. The first-order valence-corrected chi connectivity index (χ1v) is 6.98. The fourth-order valence-corrected chi connectivity index (χ4v) is 3.25. The van der Waals surface area contributed by atoms with Gasteiger partial charge in [0.15, 0.2) is 5.76 Å². The Hall–Kier alpha value is -2.15. The number of fused-ring (bicyclic) bond motifs is 1. The molecule has 2 unspecified atom stereocenters. The molecule has 21 heavy (non-hydrogen) atoms. The summed E-state index contributed by atoms with van der Waals surface area (Å²) in [6.07, 6.45) is 2.51. The van der Waals surface area contributed by atoms with Crippen molar-refractivity contribution in [2.45, 2.75) is 32.7 Å². The Labute approximate surface area is 121 Å². The van der Waals surface area contributed by atoms with Gasteiger partial charge in [-0.25, -0.2) is 5.84 Å². The van der Waals surface area contributed by atoms with Crippen molar-refractivity contribution < 1.29 is 18.8 Å². The molecule has 3 N–H and O–H groups in total. The van der Waals surface area contributed by atoms with Crippen LogP contribution in [0.4, 0.5) is 0 Å². The van der Waals surface area contributed by atoms with E-state index in [2.05, 4.69) is 0 Å². The second-order valence-corrected chi connectivity index (χ2v) is 5.57. The lowest BCUT2D eigenvalue weighted by atomic mass is 10.00. The molecule has 1 saturated carbocycles. The van der Waals surface area contributed by atoms with Gasteiger partial charge in [0.25, 0.3) is 0 Å². The van der Waals surface area contributed by atoms with Gasteiger partial charge in [-0.2, -0.15) is 0 Å². The van der Waals surface area contributed by atoms with Crippen LogP contribution >= 0.6 is 0 Å². The zero-order chi connectivity index (χ0) is 15.1. The Kier molecular flexibility index (Phi) is 3.29. The van der Waals surface area contributed by atoms with Crippen LogP contribution in [-0.2, 0) is 16.1 Å². The smallest absolute Gasteiger partial charge is 0.300 e. The largest absolute Gasteiger partial charge is 0.456 e. The van der Waals surface area contributed by atoms with Gasteiger partial charge in [-0.15, -0.1) is 0 Å². The molecule has 7 heteroatoms. The predicted molar refractivity (Wildman–Crippen MR) is 71.5 cm³/mol. The molecule has 2 heterocycles. The van der Waals surface area contributed by atoms with Crippen LogP contribution in [0.3, 0.4) is 0 Å². The lowest BCUT2D eigenvalue weighted by molar-refractivity contribution is -0.141. The number of imide groups is 1. The van der Waals surface area contributed by atoms with Crippen molar-refractivity contribution in [2.24, 2.45) is 17.7 Å². The number of carbonyl (C=O) groups is 3. The van der Waals surface area contributed by atoms with E-state index in [0.717, 1.165) is 19.3 Å². The summed E-state index contributed by atoms with van der Waals surface area (Å²) in [5.74, 6) is 4.57. The minimum Gasteiger partial charge on any atom is -0.456 e. The number of hydrogen-bond acceptors (Lipinski definition) is 5. The monoisotopic (exact) mass is 291 g/mol. The standard InChI is InChI=1S/C14H17N3O4/c1-7-8(5-11(21-7)12(18)16-15)6-17-13(19)9-3-2-4-10(9)14(17)20/h5,9-10H,2-4,6,15H2,1H3,(H,16,18). The number of nitrogens with one attached hydrogen (secondary N) is 1. The van der Waals surface area contributed by atoms with Gasteiger partial charge in [0, 0.05) is 5.56 Å². The third kappa shape index (κ3) is 2.13. The van der Waals surface area contributed by atoms with Gasteiger partial charge in [0.2, 0.25) is 11.8 Å². The van der Waals surface area contributed by atoms with E-state index in [-0.39, 0.29) is 36.0 Å². The van der Waals surface area contributed by atoms with Gasteiger partial charge in [0.05, 0.1) is 18.4 Å². The lowest BCUT2D eigenvalue weighted by Gasteiger charge is -2.15. The highest BCUT2D eigenvalue weighted by molar-refractivity contribution is 6.05. The molecule has 0 radical (unpaired) electrons. The zero-order valence-corrected chi connectivity index (χ0v) is 11.7. The van der Waals surface area contributed by atoms with Crippen molar-refractivity contribution >= 4 is 17.7 Å². The Bertz CT molecular complexity index is 600. The highest BCUT2D eigenvalue weighted by atomic mass is 16.4. The maximum Gasteiger partial charge on any atom is 0.300 e. The number of nitrogens with two attached hydrogens (primary N) is 1. The van der Waals surface area contributed by atoms with Crippen LogP contribution in [-0.4, -0.2) is 22.6 Å². The number of rotatable bonds is 3. The summed E-state index contributed by atoms with van der Waals surface area (Å²) < 4.78 is 5.30. The Balaban J connectivity index is 1.81. The van der Waals surface area contributed by atoms with Crippen molar-refractivity contribution in [1.29, 1.82) is 0 Å². The summed E-state index contributed by atoms with van der Waals surface area (Å²) >= 11 is 0. The van der Waals surface area contributed by atoms with Crippen molar-refractivity contribution in [1.82, 2.24) is 10.3 Å². The zero-order valence-electron chi connectivity index (χ0n) is 11.7. The minimum absolute atomic E-state index is 0.0734. The number of hydrogen-bond donors (Lipinski definition) is 2. The van der Waals surface area contributed by atoms with Gasteiger partial charge < -0.3 is 4.42 Å². The predicted octanol–water partition coefficient (Wildman–Crippen LogP) is 0.477. The molecule has 3 rings (SSSR count). The van der Waals surface area contributed by atoms with Crippen molar-refractivity contribution in [3.05, 3.63) is 23.2 Å². The SMILES string of the molecule is Cc1oc(C(=O)NN)cc1CN1C(=O)C2CCCC2C1=O. The highest BCUT2D eigenvalue weighted by Crippen LogP contribution is 2.40. The molecular formula is C14H17N3O4. The number of hydrazine groups is 1. The molecule has 0 aromatic carbocycles. The molecule has 2 fully saturated rings. The van der Waals surface area contributed by atoms with Crippen LogP contribution in [0.2, 0.25) is 0 Å². The van der Waals surface area contributed by atoms with Crippen LogP contribution in [0.5, 0.6) is 0 Å². The molecule has 0 spiro atoms. The summed E-state index contributed by atoms with van der Waals surface area (Å²) in [6, 6.07) is 1.52. The Morgan fingerprint density at radius 3 is 2.57 bits per heavy atom. The summed E-state index contributed by atoms with van der Waals surface area (Å²) in [5.41, 5.74) is 2.63. The van der Waals surface area contributed by atoms with E-state index in [1.165, 1.54) is 11.0 Å². The van der Waals surface area contributed by atoms with E-state index in [9.17, 15) is 14.4 Å². The van der Waals surface area contributed by atoms with E-state index < -0.39 is 5.91 Å². The van der Waals surface area contributed by atoms with Crippen LogP contribution in [0.25, 0.3) is 0 Å². The number of likely N-dealkylation sites (tertiary alicyclic amines) is 1. The molecule has 3 amide bonds. The van der Waals surface area contributed by atoms with Gasteiger partial charge in [0.1, 0.15) is 5.76 Å². The maximum absolute atomic E-state index is 12.3. The van der Waals surface area contributed by atoms with Crippen LogP contribution in [0.1, 0.15) is 41.1 Å². The molecule has 1 aliphatic carbocycles. The molecule has 1 aromatic heterocycles. The number of aryl methyl sites for hydroxylation is 1. The molecule has 7 nitrogen and oxygen atoms in total. The molecule has 2 atom stereocenters. The highest BCUT2D eigenvalue weighted by Gasteiger charge is 2.49. The molecule has 1 aromatic rings. The van der Waals surface area contributed by atoms with Crippen LogP contribution in [0, 0.1) is 18.8 Å². The molecule has 112 valence electrons. The molecule has 2 aliphatic rings. The van der Waals surface area contributed by atoms with Crippen LogP contribution in [0.15, 0.2) is 10.5 Å². The van der Waals surface area contributed by atoms with Gasteiger partial charge in [-0.3, -0.25) is 24.7 Å². The summed E-state index contributed by atoms with van der Waals surface area (Å²) in [6.45, 7) is 1.84. The van der Waals surface area contributed by atoms with Crippen LogP contribution < -0.4 is 11.3 Å². The summed E-state index contributed by atoms with van der Waals surface area (Å²) in [4.78, 5) is 37.3. The van der Waals surface area contributed by atoms with E-state index in [0.29, 0.717) is 11.3 Å². The van der Waals surface area contributed by atoms with Crippen molar-refractivity contribution in [2.75, 3.05) is 0 Å². The summed E-state index contributed by atoms with van der Waals surface area (Å²) in [5, 5.41) is 0. The first-order chi connectivity index (χ1) is 10.0. The third-order valence-electron chi connectivity index (χ3n) is 4.39. The van der Waals surface area contributed by atoms with Crippen molar-refractivity contribution in [3.63, 3.8) is 0 Å². The maximum atomic E-state index is 12.3. The van der Waals surface area contributed by atoms with E-state index in [4.69, 9.17) is 10.3 Å². The number of carbonyl (C=O) groups excluding carboxylic acids is 3. The first kappa shape index (κ1) is 13.8. The number of nitrogen functional groups attached to an aromatic ring is 1. The Morgan fingerprint density at radius 2 is 2.00 bits per heavy atom. The number of furan rings is 1. The van der Waals surface area contributed by atoms with E-state index in [1.54, 1.807) is 6.92 Å². The normalized spacial score (nSPS) is 24.6. The van der Waals surface area contributed by atoms with E-state index in [1.807, 2.05) is 5.43 Å². The molecular weight excluding hydrogens is 274 g/mol. The average Bonchev–Trinajstić information content (AvgIpc) is 3.13. The quantitative estimate of drug-likeness (QED) is 0.364. The number of nitrogens with zero attached hydrogens (tertiary/aromatic N) is 1. The first-order valence-electron chi connectivity index (χ1n) is 6.98. The molecule has 1 saturated heterocycles. The number of amides is 3. The fourth-order valence-electron chi connectivity index (χ4n) is 3.25. The molecule has 1 aliphatic heterocycles. The second kappa shape index (κ2) is 5.00. The Morgan fingerprint density at radius 1 is 1.38 bits per heavy atom. The van der Waals surface area contributed by atoms with Gasteiger partial charge >= 0.3 is 5.91 Å². The van der Waals surface area contributed by atoms with E-state index >= 15 is 0 Å². The minimum atomic E-state index is -0.541.